The molecular formula is C31H31N5O3S. The molecule has 5 aromatic rings. The number of amides is 1. The van der Waals surface area contributed by atoms with Crippen molar-refractivity contribution in [3.63, 3.8) is 0 Å². The fourth-order valence-corrected chi connectivity index (χ4v) is 5.29. The Balaban J connectivity index is 1.16. The molecule has 3 aromatic carbocycles. The zero-order chi connectivity index (χ0) is 27.9. The minimum atomic E-state index is -0.187. The van der Waals surface area contributed by atoms with Gasteiger partial charge in [0.15, 0.2) is 5.16 Å². The van der Waals surface area contributed by atoms with Gasteiger partial charge in [-0.15, -0.1) is 0 Å². The number of thioether (sulfide) groups is 1. The van der Waals surface area contributed by atoms with Crippen molar-refractivity contribution in [2.45, 2.75) is 37.8 Å². The monoisotopic (exact) mass is 553 g/mol. The molecule has 0 atom stereocenters. The molecule has 0 bridgehead atoms. The van der Waals surface area contributed by atoms with E-state index in [1.807, 2.05) is 77.6 Å². The number of aromatic nitrogens is 3. The van der Waals surface area contributed by atoms with Crippen LogP contribution in [0.2, 0.25) is 0 Å². The maximum Gasteiger partial charge on any atom is 0.255 e. The van der Waals surface area contributed by atoms with Gasteiger partial charge < -0.3 is 25.4 Å². The van der Waals surface area contributed by atoms with Crippen LogP contribution in [0, 0.1) is 0 Å². The normalized spacial score (nSPS) is 11.1. The molecule has 9 heteroatoms. The number of pyridine rings is 1. The molecule has 0 saturated heterocycles. The first-order chi connectivity index (χ1) is 19.6. The summed E-state index contributed by atoms with van der Waals surface area (Å²) in [5, 5.41) is 27.4. The van der Waals surface area contributed by atoms with E-state index in [1.165, 1.54) is 11.8 Å². The Labute approximate surface area is 237 Å². The third-order valence-electron chi connectivity index (χ3n) is 6.74. The zero-order valence-electron chi connectivity index (χ0n) is 22.2. The molecule has 1 amide bonds. The topological polar surface area (TPSA) is 112 Å². The van der Waals surface area contributed by atoms with Crippen molar-refractivity contribution >= 4 is 45.6 Å². The average Bonchev–Trinajstić information content (AvgIpc) is 3.35. The Bertz CT molecular complexity index is 1600. The molecular weight excluding hydrogens is 522 g/mol. The van der Waals surface area contributed by atoms with Gasteiger partial charge in [-0.3, -0.25) is 9.78 Å². The number of imidazole rings is 1. The van der Waals surface area contributed by atoms with Crippen molar-refractivity contribution in [2.24, 2.45) is 0 Å². The zero-order valence-corrected chi connectivity index (χ0v) is 23.0. The molecule has 40 heavy (non-hydrogen) atoms. The fourth-order valence-electron chi connectivity index (χ4n) is 4.67. The largest absolute Gasteiger partial charge is 0.390 e. The summed E-state index contributed by atoms with van der Waals surface area (Å²) in [4.78, 5) is 21.6. The first kappa shape index (κ1) is 27.4. The molecule has 5 rings (SSSR count). The molecule has 0 aliphatic heterocycles. The summed E-state index contributed by atoms with van der Waals surface area (Å²) in [5.41, 5.74) is 6.41. The molecule has 0 saturated carbocycles. The van der Waals surface area contributed by atoms with Gasteiger partial charge in [-0.1, -0.05) is 42.1 Å². The third-order valence-corrected chi connectivity index (χ3v) is 7.41. The molecule has 4 N–H and O–H groups in total. The predicted octanol–water partition coefficient (Wildman–Crippen LogP) is 5.77. The van der Waals surface area contributed by atoms with Crippen LogP contribution in [0.4, 0.5) is 17.1 Å². The van der Waals surface area contributed by atoms with Crippen LogP contribution in [0.25, 0.3) is 10.9 Å². The van der Waals surface area contributed by atoms with Gasteiger partial charge in [0.2, 0.25) is 0 Å². The number of carbonyl (C=O) groups is 1. The molecule has 0 radical (unpaired) electrons. The number of para-hydroxylation sites is 1. The van der Waals surface area contributed by atoms with Gasteiger partial charge in [-0.05, 0) is 73.2 Å². The number of aliphatic hydroxyl groups is 2. The Hall–Kier alpha value is -4.18. The molecule has 0 unspecified atom stereocenters. The number of fused-ring (bicyclic) bond motifs is 1. The van der Waals surface area contributed by atoms with E-state index in [0.29, 0.717) is 23.5 Å². The van der Waals surface area contributed by atoms with Crippen LogP contribution < -0.4 is 10.6 Å². The van der Waals surface area contributed by atoms with Gasteiger partial charge in [0.25, 0.3) is 5.91 Å². The summed E-state index contributed by atoms with van der Waals surface area (Å²) in [7, 11) is 0. The van der Waals surface area contributed by atoms with Crippen LogP contribution in [0.15, 0.2) is 90.2 Å². The van der Waals surface area contributed by atoms with Gasteiger partial charge in [0, 0.05) is 40.8 Å². The molecule has 2 aromatic heterocycles. The third kappa shape index (κ3) is 6.17. The summed E-state index contributed by atoms with van der Waals surface area (Å²) >= 11 is 1.50. The highest BCUT2D eigenvalue weighted by molar-refractivity contribution is 7.98. The van der Waals surface area contributed by atoms with E-state index in [9.17, 15) is 15.0 Å². The Morgan fingerprint density at radius 2 is 1.68 bits per heavy atom. The first-order valence-electron chi connectivity index (χ1n) is 13.0. The number of carbonyl (C=O) groups excluding carboxylic acids is 1. The van der Waals surface area contributed by atoms with Gasteiger partial charge >= 0.3 is 0 Å². The second-order valence-corrected chi connectivity index (χ2v) is 10.1. The van der Waals surface area contributed by atoms with E-state index in [2.05, 4.69) is 20.6 Å². The number of nitrogens with one attached hydrogen (secondary N) is 2. The second-order valence-electron chi connectivity index (χ2n) is 9.29. The van der Waals surface area contributed by atoms with Crippen LogP contribution in [0.3, 0.4) is 0 Å². The summed E-state index contributed by atoms with van der Waals surface area (Å²) in [6.07, 6.45) is 5.40. The quantitative estimate of drug-likeness (QED) is 0.154. The van der Waals surface area contributed by atoms with E-state index >= 15 is 0 Å². The van der Waals surface area contributed by atoms with Crippen LogP contribution in [0.1, 0.15) is 33.7 Å². The lowest BCUT2D eigenvalue weighted by atomic mass is 10.1. The van der Waals surface area contributed by atoms with Crippen LogP contribution in [-0.2, 0) is 26.2 Å². The first-order valence-corrected chi connectivity index (χ1v) is 14.3. The van der Waals surface area contributed by atoms with E-state index in [-0.39, 0.29) is 19.1 Å². The van der Waals surface area contributed by atoms with Gasteiger partial charge in [0.1, 0.15) is 0 Å². The standard InChI is InChI=1S/C31H31N5O3S/c1-40-31-35-28(19-37)29(20-38)36(31)18-4-5-21-8-12-24(13-9-21)34-30(39)22-10-14-23(15-11-22)33-27-16-17-32-26-7-3-2-6-25(26)27/h2-3,6-17,37-38H,4-5,18-20H2,1H3,(H,32,33)(H,34,39). The van der Waals surface area contributed by atoms with Crippen LogP contribution in [0.5, 0.6) is 0 Å². The maximum absolute atomic E-state index is 12.8. The van der Waals surface area contributed by atoms with Crippen LogP contribution >= 0.6 is 11.8 Å². The van der Waals surface area contributed by atoms with Crippen molar-refractivity contribution in [2.75, 3.05) is 16.9 Å². The van der Waals surface area contributed by atoms with Gasteiger partial charge in [-0.25, -0.2) is 4.98 Å². The Kier molecular flexibility index (Phi) is 8.75. The van der Waals surface area contributed by atoms with Gasteiger partial charge in [-0.2, -0.15) is 0 Å². The summed E-state index contributed by atoms with van der Waals surface area (Å²) in [5.74, 6) is -0.172. The lowest BCUT2D eigenvalue weighted by Crippen LogP contribution is -2.11. The van der Waals surface area contributed by atoms with E-state index in [1.54, 1.807) is 18.3 Å². The van der Waals surface area contributed by atoms with Crippen molar-refractivity contribution in [3.8, 4) is 0 Å². The van der Waals surface area contributed by atoms with Crippen LogP contribution in [-0.4, -0.2) is 36.9 Å². The smallest absolute Gasteiger partial charge is 0.255 e. The molecule has 0 aliphatic carbocycles. The molecule has 0 fully saturated rings. The summed E-state index contributed by atoms with van der Waals surface area (Å²) < 4.78 is 1.98. The van der Waals surface area contributed by atoms with Crippen molar-refractivity contribution in [3.05, 3.63) is 108 Å². The maximum atomic E-state index is 12.8. The number of benzene rings is 3. The van der Waals surface area contributed by atoms with E-state index in [0.717, 1.165) is 51.5 Å². The number of aliphatic hydroxyl groups excluding tert-OH is 2. The lowest BCUT2D eigenvalue weighted by Gasteiger charge is -2.11. The average molecular weight is 554 g/mol. The molecule has 8 nitrogen and oxygen atoms in total. The second kappa shape index (κ2) is 12.8. The van der Waals surface area contributed by atoms with Crippen molar-refractivity contribution in [1.82, 2.24) is 14.5 Å². The Morgan fingerprint density at radius 3 is 2.40 bits per heavy atom. The van der Waals surface area contributed by atoms with Gasteiger partial charge in [0.05, 0.1) is 30.1 Å². The number of hydrogen-bond acceptors (Lipinski definition) is 7. The summed E-state index contributed by atoms with van der Waals surface area (Å²) in [6, 6.07) is 25.1. The molecule has 2 heterocycles. The fraction of sp³-hybridized carbons (Fsp3) is 0.194. The lowest BCUT2D eigenvalue weighted by molar-refractivity contribution is 0.102. The van der Waals surface area contributed by atoms with E-state index < -0.39 is 0 Å². The highest BCUT2D eigenvalue weighted by Gasteiger charge is 2.15. The highest BCUT2D eigenvalue weighted by atomic mass is 32.2. The minimum Gasteiger partial charge on any atom is -0.390 e. The minimum absolute atomic E-state index is 0.154. The number of hydrogen-bond donors (Lipinski definition) is 4. The molecule has 204 valence electrons. The SMILES string of the molecule is CSc1nc(CO)c(CO)n1CCCc1ccc(NC(=O)c2ccc(Nc3ccnc4ccccc34)cc2)cc1. The highest BCUT2D eigenvalue weighted by Crippen LogP contribution is 2.25. The van der Waals surface area contributed by atoms with E-state index in [4.69, 9.17) is 0 Å². The predicted molar refractivity (Wildman–Crippen MR) is 160 cm³/mol. The molecule has 0 spiro atoms. The number of aryl methyl sites for hydroxylation is 1. The number of anilines is 3. The summed E-state index contributed by atoms with van der Waals surface area (Å²) in [6.45, 7) is 0.354. The number of nitrogens with zero attached hydrogens (tertiary/aromatic N) is 3. The Morgan fingerprint density at radius 1 is 0.925 bits per heavy atom. The molecule has 0 aliphatic rings. The van der Waals surface area contributed by atoms with Crippen molar-refractivity contribution < 1.29 is 15.0 Å². The van der Waals surface area contributed by atoms with Crippen molar-refractivity contribution in [1.29, 1.82) is 0 Å². The number of rotatable bonds is 11.